The van der Waals surface area contributed by atoms with Gasteiger partial charge in [0, 0.05) is 91.3 Å². The van der Waals surface area contributed by atoms with Crippen molar-refractivity contribution >= 4 is 97.4 Å². The quantitative estimate of drug-likeness (QED) is 0.0565. The normalized spacial score (nSPS) is 21.6. The number of aromatic amines is 1. The van der Waals surface area contributed by atoms with Gasteiger partial charge in [0.05, 0.1) is 71.4 Å². The van der Waals surface area contributed by atoms with Crippen molar-refractivity contribution in [3.63, 3.8) is 0 Å². The highest BCUT2D eigenvalue weighted by Gasteiger charge is 2.53. The minimum atomic E-state index is -3.10. The Bertz CT molecular complexity index is 5240. The fraction of sp³-hybridized carbons (Fsp3) is 0.506. The minimum absolute atomic E-state index is 0.00180. The van der Waals surface area contributed by atoms with Crippen LogP contribution in [0.4, 0.5) is 0 Å². The lowest BCUT2D eigenvalue weighted by Crippen LogP contribution is -2.43. The van der Waals surface area contributed by atoms with Crippen LogP contribution in [0.1, 0.15) is 250 Å². The molecule has 5 aromatic carbocycles. The SMILES string of the molecule is CCC1(CC)CC(C)(C)c2c([nH]c3ccc(C(=O)NC4CCS(=O)(=O)C4)cc23)C1=O.CCC1(CC)CC(C)(C)c2c(n(Cc3ccc(OC)cc3)c3ccc(C(=O)NC4CCS(=O)(=O)C4)cc23)C1=O.CCC1(CC)CC(C)(C)c2c(n(Cc3ccc(OC)cc3)c3ccc(C(=O)O)cc23)C1=O.NC1CCS(=O)(=O)C1. The smallest absolute Gasteiger partial charge is 0.335 e. The number of methoxy groups -OCH3 is 2. The molecule has 3 unspecified atom stereocenters. The van der Waals surface area contributed by atoms with Crippen molar-refractivity contribution < 1.29 is 68.6 Å². The van der Waals surface area contributed by atoms with Crippen molar-refractivity contribution in [2.75, 3.05) is 48.7 Å². The van der Waals surface area contributed by atoms with Gasteiger partial charge in [-0.2, -0.15) is 0 Å². The first-order chi connectivity index (χ1) is 51.2. The summed E-state index contributed by atoms with van der Waals surface area (Å²) in [7, 11) is -5.60. The molecule has 2 amide bonds. The lowest BCUT2D eigenvalue weighted by atomic mass is 9.59. The molecular weight excluding hydrogens is 1440 g/mol. The molecular formula is C85H108N6O15S3. The van der Waals surface area contributed by atoms with Crippen molar-refractivity contribution in [1.29, 1.82) is 0 Å². The maximum Gasteiger partial charge on any atom is 0.335 e. The Hall–Kier alpha value is -8.45. The van der Waals surface area contributed by atoms with Gasteiger partial charge in [0.1, 0.15) is 11.5 Å². The Balaban J connectivity index is 0.000000155. The summed E-state index contributed by atoms with van der Waals surface area (Å²) in [6.07, 6.45) is 8.54. The molecule has 3 aliphatic heterocycles. The maximum absolute atomic E-state index is 14.3. The van der Waals surface area contributed by atoms with Crippen LogP contribution in [0, 0.1) is 16.2 Å². The highest BCUT2D eigenvalue weighted by molar-refractivity contribution is 7.92. The largest absolute Gasteiger partial charge is 0.497 e. The molecule has 3 fully saturated rings. The van der Waals surface area contributed by atoms with E-state index in [4.69, 9.17) is 15.2 Å². The molecule has 0 saturated carbocycles. The molecule has 24 heteroatoms. The fourth-order valence-electron chi connectivity index (χ4n) is 18.6. The number of sulfone groups is 3. The number of nitrogens with two attached hydrogens (primary N) is 1. The summed E-state index contributed by atoms with van der Waals surface area (Å²) in [4.78, 5) is 82.8. The summed E-state index contributed by atoms with van der Waals surface area (Å²) >= 11 is 0. The molecule has 0 radical (unpaired) electrons. The Morgan fingerprint density at radius 1 is 0.486 bits per heavy atom. The van der Waals surface area contributed by atoms with Gasteiger partial charge in [-0.15, -0.1) is 0 Å². The number of fused-ring (bicyclic) bond motifs is 9. The number of H-pyrrole nitrogens is 1. The highest BCUT2D eigenvalue weighted by Crippen LogP contribution is 2.56. The lowest BCUT2D eigenvalue weighted by Gasteiger charge is -2.43. The molecule has 6 N–H and O–H groups in total. The monoisotopic (exact) mass is 1550 g/mol. The van der Waals surface area contributed by atoms with Crippen LogP contribution in [0.5, 0.6) is 11.5 Å². The van der Waals surface area contributed by atoms with Crippen molar-refractivity contribution in [1.82, 2.24) is 24.8 Å². The van der Waals surface area contributed by atoms with E-state index in [1.165, 1.54) is 0 Å². The van der Waals surface area contributed by atoms with Gasteiger partial charge in [-0.1, -0.05) is 107 Å². The third kappa shape index (κ3) is 16.0. The van der Waals surface area contributed by atoms with E-state index in [9.17, 15) is 59.1 Å². The molecule has 6 aliphatic rings. The number of hydrogen-bond acceptors (Lipinski definition) is 15. The zero-order valence-electron chi connectivity index (χ0n) is 65.5. The van der Waals surface area contributed by atoms with Crippen LogP contribution in [0.3, 0.4) is 0 Å². The zero-order chi connectivity index (χ0) is 79.5. The molecule has 0 bridgehead atoms. The number of carboxylic acid groups (broad SMARTS) is 1. The average molecular weight is 1550 g/mol. The number of aromatic nitrogens is 3. The molecule has 14 rings (SSSR count). The molecule has 21 nitrogen and oxygen atoms in total. The van der Waals surface area contributed by atoms with E-state index in [1.54, 1.807) is 38.5 Å². The van der Waals surface area contributed by atoms with Gasteiger partial charge in [0.25, 0.3) is 11.8 Å². The number of nitrogens with one attached hydrogen (secondary N) is 3. The second kappa shape index (κ2) is 30.7. The Labute approximate surface area is 641 Å². The number of Topliss-reactive ketones (excluding diaryl/α,β-unsaturated/α-hetero) is 3. The van der Waals surface area contributed by atoms with Crippen LogP contribution in [-0.2, 0) is 58.8 Å². The number of carbonyl (C=O) groups excluding carboxylic acids is 5. The molecule has 586 valence electrons. The molecule has 3 saturated heterocycles. The number of carbonyl (C=O) groups is 6. The number of rotatable bonds is 17. The van der Waals surface area contributed by atoms with Crippen molar-refractivity contribution in [3.8, 4) is 11.5 Å². The maximum atomic E-state index is 14.3. The second-order valence-corrected chi connectivity index (χ2v) is 39.8. The molecule has 3 aromatic heterocycles. The molecule has 0 spiro atoms. The van der Waals surface area contributed by atoms with E-state index < -0.39 is 46.3 Å². The van der Waals surface area contributed by atoms with Gasteiger partial charge in [-0.25, -0.2) is 30.0 Å². The van der Waals surface area contributed by atoms with Crippen molar-refractivity contribution in [2.45, 2.75) is 208 Å². The number of nitrogens with zero attached hydrogens (tertiary/aromatic N) is 2. The van der Waals surface area contributed by atoms with Crippen molar-refractivity contribution in [2.24, 2.45) is 22.0 Å². The first-order valence-electron chi connectivity index (χ1n) is 38.3. The summed E-state index contributed by atoms with van der Waals surface area (Å²) in [5.74, 6) is 1.24. The summed E-state index contributed by atoms with van der Waals surface area (Å²) < 4.78 is 83.1. The predicted octanol–water partition coefficient (Wildman–Crippen LogP) is 14.2. The van der Waals surface area contributed by atoms with E-state index in [-0.39, 0.29) is 109 Å². The Morgan fingerprint density at radius 2 is 0.844 bits per heavy atom. The number of ketones is 3. The topological polar surface area (TPSA) is 319 Å². The van der Waals surface area contributed by atoms with Crippen LogP contribution in [-0.4, -0.2) is 146 Å². The number of benzene rings is 5. The highest BCUT2D eigenvalue weighted by atomic mass is 32.2. The number of aromatic carboxylic acids is 1. The standard InChI is InChI=1S/C31H38N2O5S.C27H31NO4.C23H30N2O4S.C4H9NO2S/c1-6-31(7-2)19-30(3,4)26-24-16-21(29(35)32-22-14-15-39(36,37)18-22)10-13-25(24)33(27(26)28(31)34)17-20-8-11-23(38-5)12-9-20;1-6-27(7-2)16-26(3,4)22-20-14-18(25(30)31)10-13-21(20)28(23(22)24(27)29)15-17-8-11-19(32-5)12-9-17;1-5-23(6-2)13-22(3,4)18-16-11-14(7-8-17(16)25-19(18)20(23)26)21(27)24-15-9-10-30(28,29)12-15;5-4-1-2-8(6,7)3-4/h8-13,16,22H,6-7,14-15,17-19H2,1-5H3,(H,32,35);8-14H,6-7,15-16H2,1-5H3,(H,30,31);7-8,11,15,25H,5-6,9-10,12-13H2,1-4H3,(H,24,27);4H,1-3,5H2. The average Bonchev–Trinajstić information content (AvgIpc) is 1.58. The molecule has 3 atom stereocenters. The van der Waals surface area contributed by atoms with Gasteiger partial charge in [0.2, 0.25) is 0 Å². The van der Waals surface area contributed by atoms with E-state index in [0.717, 1.165) is 141 Å². The third-order valence-electron chi connectivity index (χ3n) is 24.6. The summed E-state index contributed by atoms with van der Waals surface area (Å²) in [6, 6.07) is 31.1. The lowest BCUT2D eigenvalue weighted by molar-refractivity contribution is 0.0659. The predicted molar refractivity (Wildman–Crippen MR) is 429 cm³/mol. The van der Waals surface area contributed by atoms with E-state index in [0.29, 0.717) is 49.2 Å². The Morgan fingerprint density at radius 3 is 1.19 bits per heavy atom. The minimum Gasteiger partial charge on any atom is -0.497 e. The van der Waals surface area contributed by atoms with Gasteiger partial charge < -0.3 is 45.1 Å². The summed E-state index contributed by atoms with van der Waals surface area (Å²) in [5, 5.41) is 18.0. The summed E-state index contributed by atoms with van der Waals surface area (Å²) in [5.41, 5.74) is 14.5. The van der Waals surface area contributed by atoms with Crippen LogP contribution in [0.25, 0.3) is 32.7 Å². The number of carboxylic acids is 1. The van der Waals surface area contributed by atoms with Gasteiger partial charge in [-0.3, -0.25) is 24.0 Å². The van der Waals surface area contributed by atoms with Crippen molar-refractivity contribution in [3.05, 3.63) is 165 Å². The van der Waals surface area contributed by atoms with E-state index >= 15 is 0 Å². The van der Waals surface area contributed by atoms with E-state index in [2.05, 4.69) is 108 Å². The van der Waals surface area contributed by atoms with E-state index in [1.807, 2.05) is 78.9 Å². The van der Waals surface area contributed by atoms with Crippen LogP contribution < -0.4 is 25.8 Å². The third-order valence-corrected chi connectivity index (χ3v) is 30.0. The van der Waals surface area contributed by atoms with Crippen LogP contribution >= 0.6 is 0 Å². The fourth-order valence-corrected chi connectivity index (χ4v) is 23.6. The van der Waals surface area contributed by atoms with Gasteiger partial charge in [0.15, 0.2) is 46.9 Å². The Kier molecular flexibility index (Phi) is 22.9. The van der Waals surface area contributed by atoms with Gasteiger partial charge in [-0.05, 0) is 200 Å². The van der Waals surface area contributed by atoms with Crippen LogP contribution in [0.15, 0.2) is 103 Å². The first-order valence-corrected chi connectivity index (χ1v) is 43.8. The first kappa shape index (κ1) is 81.5. The number of ether oxygens (including phenoxy) is 2. The molecule has 3 aliphatic carbocycles. The van der Waals surface area contributed by atoms with Crippen LogP contribution in [0.2, 0.25) is 0 Å². The second-order valence-electron chi connectivity index (χ2n) is 33.2. The zero-order valence-corrected chi connectivity index (χ0v) is 68.0. The number of hydrogen-bond donors (Lipinski definition) is 5. The molecule has 109 heavy (non-hydrogen) atoms. The summed E-state index contributed by atoms with van der Waals surface area (Å²) in [6.45, 7) is 26.7. The molecule has 6 heterocycles. The molecule has 8 aromatic rings. The van der Waals surface area contributed by atoms with Gasteiger partial charge >= 0.3 is 5.97 Å². The number of amides is 2.